The zero-order valence-corrected chi connectivity index (χ0v) is 16.6. The van der Waals surface area contributed by atoms with E-state index in [1.165, 1.54) is 0 Å². The van der Waals surface area contributed by atoms with E-state index in [9.17, 15) is 19.8 Å². The van der Waals surface area contributed by atoms with Gasteiger partial charge in [-0.2, -0.15) is 0 Å². The smallest absolute Gasteiger partial charge is 0.326 e. The second-order valence-corrected chi connectivity index (χ2v) is 7.44. The first kappa shape index (κ1) is 19.4. The number of aliphatic carboxylic acids is 1. The molecule has 0 aliphatic carbocycles. The summed E-state index contributed by atoms with van der Waals surface area (Å²) < 4.78 is 5.07. The Morgan fingerprint density at radius 3 is 2.78 bits per heavy atom. The lowest BCUT2D eigenvalue weighted by Gasteiger charge is -2.14. The number of fused-ring (bicyclic) bond motifs is 2. The van der Waals surface area contributed by atoms with Gasteiger partial charge in [0.25, 0.3) is 5.91 Å². The van der Waals surface area contributed by atoms with Gasteiger partial charge in [-0.25, -0.2) is 9.78 Å². The number of aromatic nitrogens is 3. The number of carboxylic acids is 1. The van der Waals surface area contributed by atoms with Crippen molar-refractivity contribution in [2.75, 3.05) is 0 Å². The number of carbonyl (C=O) groups excluding carboxylic acids is 1. The zero-order valence-electron chi connectivity index (χ0n) is 16.6. The van der Waals surface area contributed by atoms with Crippen LogP contribution in [-0.2, 0) is 11.2 Å². The Labute approximate surface area is 180 Å². The van der Waals surface area contributed by atoms with Gasteiger partial charge in [0.05, 0.1) is 22.9 Å². The molecule has 0 saturated carbocycles. The number of hydrogen-bond donors (Lipinski definition) is 5. The fraction of sp³-hybridized carbons (Fsp3) is 0.0870. The molecule has 0 bridgehead atoms. The minimum absolute atomic E-state index is 0.0570. The number of phenolic OH excluding ortho intramolecular Hbond substituents is 1. The molecule has 2 aromatic carbocycles. The van der Waals surface area contributed by atoms with Gasteiger partial charge < -0.3 is 29.9 Å². The van der Waals surface area contributed by atoms with Crippen LogP contribution in [0.5, 0.6) is 5.75 Å². The molecule has 32 heavy (non-hydrogen) atoms. The highest BCUT2D eigenvalue weighted by atomic mass is 16.4. The van der Waals surface area contributed by atoms with Crippen molar-refractivity contribution < 1.29 is 24.2 Å². The molecular formula is C23H18N4O5. The average molecular weight is 430 g/mol. The first-order chi connectivity index (χ1) is 15.5. The minimum atomic E-state index is -1.15. The number of H-pyrrole nitrogens is 2. The number of hydrogen-bond acceptors (Lipinski definition) is 5. The maximum Gasteiger partial charge on any atom is 0.326 e. The Kier molecular flexibility index (Phi) is 4.63. The Morgan fingerprint density at radius 1 is 1.12 bits per heavy atom. The first-order valence-corrected chi connectivity index (χ1v) is 9.83. The molecule has 5 aromatic rings. The Balaban J connectivity index is 1.38. The molecule has 5 N–H and O–H groups in total. The molecule has 0 saturated heterocycles. The quantitative estimate of drug-likeness (QED) is 0.279. The van der Waals surface area contributed by atoms with E-state index in [1.807, 2.05) is 0 Å². The van der Waals surface area contributed by atoms with Crippen molar-refractivity contribution in [1.29, 1.82) is 0 Å². The van der Waals surface area contributed by atoms with Crippen LogP contribution in [0.1, 0.15) is 15.9 Å². The van der Waals surface area contributed by atoms with E-state index in [1.54, 1.807) is 61.2 Å². The molecule has 0 unspecified atom stereocenters. The molecule has 160 valence electrons. The summed E-state index contributed by atoms with van der Waals surface area (Å²) in [5, 5.41) is 22.7. The highest BCUT2D eigenvalue weighted by Gasteiger charge is 2.23. The van der Waals surface area contributed by atoms with Crippen molar-refractivity contribution in [2.45, 2.75) is 12.5 Å². The fourth-order valence-corrected chi connectivity index (χ4v) is 3.68. The molecule has 3 heterocycles. The van der Waals surface area contributed by atoms with Crippen LogP contribution in [0.3, 0.4) is 0 Å². The van der Waals surface area contributed by atoms with Crippen LogP contribution in [0.2, 0.25) is 0 Å². The standard InChI is InChI=1S/C23H18N4O5/c28-15-2-4-17-16(9-15)14(10-24-17)8-20(23(30)31)27-22(29)12-1-3-18-19(7-12)26-21(25-18)13-5-6-32-11-13/h1-7,9-11,20,24,28H,8H2,(H,25,26)(H,27,29)(H,30,31)/t20-/m0/s1. The Bertz CT molecular complexity index is 1450. The number of furan rings is 1. The molecule has 1 amide bonds. The predicted molar refractivity (Wildman–Crippen MR) is 116 cm³/mol. The number of rotatable bonds is 6. The van der Waals surface area contributed by atoms with Crippen LogP contribution in [-0.4, -0.2) is 43.1 Å². The van der Waals surface area contributed by atoms with Crippen molar-refractivity contribution >= 4 is 33.8 Å². The van der Waals surface area contributed by atoms with Crippen LogP contribution in [0.15, 0.2) is 65.6 Å². The molecule has 9 heteroatoms. The second kappa shape index (κ2) is 7.62. The highest BCUT2D eigenvalue weighted by molar-refractivity contribution is 5.99. The number of amides is 1. The Hall–Kier alpha value is -4.53. The zero-order chi connectivity index (χ0) is 22.2. The third-order valence-electron chi connectivity index (χ3n) is 5.32. The van der Waals surface area contributed by atoms with Crippen molar-refractivity contribution in [3.63, 3.8) is 0 Å². The Morgan fingerprint density at radius 2 is 2.00 bits per heavy atom. The summed E-state index contributed by atoms with van der Waals surface area (Å²) in [6, 6.07) is 10.4. The highest BCUT2D eigenvalue weighted by Crippen LogP contribution is 2.24. The van der Waals surface area contributed by atoms with E-state index in [0.29, 0.717) is 33.4 Å². The predicted octanol–water partition coefficient (Wildman–Crippen LogP) is 3.44. The lowest BCUT2D eigenvalue weighted by Crippen LogP contribution is -2.42. The van der Waals surface area contributed by atoms with Crippen molar-refractivity contribution in [3.05, 3.63) is 72.3 Å². The van der Waals surface area contributed by atoms with Crippen molar-refractivity contribution in [1.82, 2.24) is 20.3 Å². The normalized spacial score (nSPS) is 12.2. The number of imidazole rings is 1. The number of nitrogens with one attached hydrogen (secondary N) is 3. The molecule has 0 aliphatic rings. The van der Waals surface area contributed by atoms with Crippen LogP contribution >= 0.6 is 0 Å². The van der Waals surface area contributed by atoms with E-state index in [-0.39, 0.29) is 12.2 Å². The third-order valence-corrected chi connectivity index (χ3v) is 5.32. The van der Waals surface area contributed by atoms with Gasteiger partial charge >= 0.3 is 5.97 Å². The SMILES string of the molecule is O=C(N[C@@H](Cc1c[nH]c2ccc(O)cc12)C(=O)O)c1ccc2nc(-c3ccoc3)[nH]c2c1. The fourth-order valence-electron chi connectivity index (χ4n) is 3.68. The summed E-state index contributed by atoms with van der Waals surface area (Å²) in [7, 11) is 0. The maximum atomic E-state index is 12.8. The van der Waals surface area contributed by atoms with Crippen LogP contribution < -0.4 is 5.32 Å². The summed E-state index contributed by atoms with van der Waals surface area (Å²) in [5.74, 6) is -0.978. The van der Waals surface area contributed by atoms with Gasteiger partial charge in [0.2, 0.25) is 0 Å². The van der Waals surface area contributed by atoms with Crippen molar-refractivity contribution in [3.8, 4) is 17.1 Å². The number of benzene rings is 2. The topological polar surface area (TPSA) is 144 Å². The van der Waals surface area contributed by atoms with Crippen LogP contribution in [0.25, 0.3) is 33.3 Å². The second-order valence-electron chi connectivity index (χ2n) is 7.44. The number of carboxylic acid groups (broad SMARTS) is 1. The number of aromatic amines is 2. The van der Waals surface area contributed by atoms with Gasteiger partial charge in [0.15, 0.2) is 0 Å². The number of phenols is 1. The monoisotopic (exact) mass is 430 g/mol. The lowest BCUT2D eigenvalue weighted by molar-refractivity contribution is -0.139. The summed E-state index contributed by atoms with van der Waals surface area (Å²) in [5.41, 5.74) is 3.85. The van der Waals surface area contributed by atoms with Crippen LogP contribution in [0.4, 0.5) is 0 Å². The van der Waals surface area contributed by atoms with E-state index in [0.717, 1.165) is 11.1 Å². The molecule has 3 aromatic heterocycles. The molecule has 9 nitrogen and oxygen atoms in total. The minimum Gasteiger partial charge on any atom is -0.508 e. The summed E-state index contributed by atoms with van der Waals surface area (Å²) in [6.07, 6.45) is 4.84. The molecule has 0 spiro atoms. The lowest BCUT2D eigenvalue weighted by atomic mass is 10.0. The van der Waals surface area contributed by atoms with E-state index in [4.69, 9.17) is 4.42 Å². The van der Waals surface area contributed by atoms with Gasteiger partial charge in [-0.05, 0) is 48.0 Å². The molecular weight excluding hydrogens is 412 g/mol. The number of nitrogens with zero attached hydrogens (tertiary/aromatic N) is 1. The van der Waals surface area contributed by atoms with E-state index in [2.05, 4.69) is 20.3 Å². The number of carbonyl (C=O) groups is 2. The van der Waals surface area contributed by atoms with Gasteiger partial charge in [0.1, 0.15) is 23.9 Å². The largest absolute Gasteiger partial charge is 0.508 e. The first-order valence-electron chi connectivity index (χ1n) is 9.83. The maximum absolute atomic E-state index is 12.8. The van der Waals surface area contributed by atoms with Gasteiger partial charge in [-0.1, -0.05) is 0 Å². The molecule has 0 fully saturated rings. The van der Waals surface area contributed by atoms with Gasteiger partial charge in [0, 0.05) is 29.1 Å². The number of aromatic hydroxyl groups is 1. The summed E-state index contributed by atoms with van der Waals surface area (Å²) in [6.45, 7) is 0. The van der Waals surface area contributed by atoms with E-state index < -0.39 is 17.9 Å². The average Bonchev–Trinajstić information content (AvgIpc) is 3.52. The van der Waals surface area contributed by atoms with E-state index >= 15 is 0 Å². The summed E-state index contributed by atoms with van der Waals surface area (Å²) in [4.78, 5) is 35.3. The summed E-state index contributed by atoms with van der Waals surface area (Å²) >= 11 is 0. The molecule has 0 aliphatic heterocycles. The van der Waals surface area contributed by atoms with Gasteiger partial charge in [-0.3, -0.25) is 4.79 Å². The van der Waals surface area contributed by atoms with Crippen LogP contribution in [0, 0.1) is 0 Å². The molecule has 1 atom stereocenters. The third kappa shape index (κ3) is 3.56. The van der Waals surface area contributed by atoms with Gasteiger partial charge in [-0.15, -0.1) is 0 Å². The molecule has 5 rings (SSSR count). The molecule has 0 radical (unpaired) electrons. The van der Waals surface area contributed by atoms with Crippen molar-refractivity contribution in [2.24, 2.45) is 0 Å².